The van der Waals surface area contributed by atoms with Crippen LogP contribution in [0, 0.1) is 6.07 Å². The molecule has 0 fully saturated rings. The maximum absolute atomic E-state index is 12.3. The Morgan fingerprint density at radius 2 is 1.83 bits per heavy atom. The van der Waals surface area contributed by atoms with Crippen molar-refractivity contribution in [2.24, 2.45) is 0 Å². The van der Waals surface area contributed by atoms with Gasteiger partial charge in [-0.1, -0.05) is 36.4 Å². The summed E-state index contributed by atoms with van der Waals surface area (Å²) >= 11 is 0. The molecule has 3 rings (SSSR count). The number of fused-ring (bicyclic) bond motifs is 1. The Bertz CT molecular complexity index is 818. The lowest BCUT2D eigenvalue weighted by Crippen LogP contribution is -2.17. The topological polar surface area (TPSA) is 31.4 Å². The molecule has 3 nitrogen and oxygen atoms in total. The van der Waals surface area contributed by atoms with Gasteiger partial charge in [-0.3, -0.25) is 4.98 Å². The SMILES string of the molecule is FC(F)(F)Oc1[c]cccc1OCc1cc2ccccc2cn1. The molecule has 23 heavy (non-hydrogen) atoms. The van der Waals surface area contributed by atoms with Crippen LogP contribution in [0.15, 0.2) is 54.7 Å². The summed E-state index contributed by atoms with van der Waals surface area (Å²) in [6.45, 7) is 0.0247. The molecular formula is C17H11F3NO2. The average molecular weight is 318 g/mol. The number of nitrogens with zero attached hydrogens (tertiary/aromatic N) is 1. The molecule has 0 amide bonds. The molecule has 6 heteroatoms. The molecule has 3 aromatic rings. The van der Waals surface area contributed by atoms with Crippen LogP contribution in [0.2, 0.25) is 0 Å². The van der Waals surface area contributed by atoms with Gasteiger partial charge in [-0.2, -0.15) is 0 Å². The summed E-state index contributed by atoms with van der Waals surface area (Å²) in [5.41, 5.74) is 0.602. The number of benzene rings is 2. The fourth-order valence-electron chi connectivity index (χ4n) is 2.08. The molecule has 0 unspecified atom stereocenters. The lowest BCUT2D eigenvalue weighted by molar-refractivity contribution is -0.275. The van der Waals surface area contributed by atoms with Crippen molar-refractivity contribution in [1.82, 2.24) is 4.98 Å². The van der Waals surface area contributed by atoms with Crippen molar-refractivity contribution < 1.29 is 22.6 Å². The van der Waals surface area contributed by atoms with E-state index in [1.165, 1.54) is 18.2 Å². The molecule has 0 N–H and O–H groups in total. The molecule has 0 aliphatic heterocycles. The fourth-order valence-corrected chi connectivity index (χ4v) is 2.08. The summed E-state index contributed by atoms with van der Waals surface area (Å²) in [4.78, 5) is 4.23. The second kappa shape index (κ2) is 6.16. The first-order chi connectivity index (χ1) is 11.0. The van der Waals surface area contributed by atoms with Gasteiger partial charge in [-0.15, -0.1) is 13.2 Å². The minimum absolute atomic E-state index is 0.0247. The number of ether oxygens (including phenoxy) is 2. The summed E-state index contributed by atoms with van der Waals surface area (Å²) in [6.07, 6.45) is -3.10. The van der Waals surface area contributed by atoms with Gasteiger partial charge >= 0.3 is 6.36 Å². The third-order valence-corrected chi connectivity index (χ3v) is 3.06. The Hall–Kier alpha value is -2.76. The zero-order valence-electron chi connectivity index (χ0n) is 11.8. The van der Waals surface area contributed by atoms with E-state index in [-0.39, 0.29) is 12.4 Å². The number of pyridine rings is 1. The molecule has 117 valence electrons. The first-order valence-corrected chi connectivity index (χ1v) is 6.74. The Balaban J connectivity index is 1.77. The molecule has 0 atom stereocenters. The predicted octanol–water partition coefficient (Wildman–Crippen LogP) is 4.51. The number of aromatic nitrogens is 1. The van der Waals surface area contributed by atoms with Crippen molar-refractivity contribution in [2.75, 3.05) is 0 Å². The van der Waals surface area contributed by atoms with E-state index >= 15 is 0 Å². The minimum atomic E-state index is -4.79. The van der Waals surface area contributed by atoms with Gasteiger partial charge in [0.2, 0.25) is 0 Å². The molecule has 0 spiro atoms. The van der Waals surface area contributed by atoms with Crippen LogP contribution in [0.3, 0.4) is 0 Å². The zero-order chi connectivity index (χ0) is 16.3. The van der Waals surface area contributed by atoms with Crippen molar-refractivity contribution >= 4 is 10.8 Å². The van der Waals surface area contributed by atoms with Crippen molar-refractivity contribution in [1.29, 1.82) is 0 Å². The number of para-hydroxylation sites is 1. The lowest BCUT2D eigenvalue weighted by Gasteiger charge is -2.13. The Morgan fingerprint density at radius 1 is 1.04 bits per heavy atom. The highest BCUT2D eigenvalue weighted by molar-refractivity contribution is 5.81. The van der Waals surface area contributed by atoms with Gasteiger partial charge < -0.3 is 9.47 Å². The van der Waals surface area contributed by atoms with Crippen molar-refractivity contribution in [3.05, 3.63) is 66.5 Å². The van der Waals surface area contributed by atoms with Crippen molar-refractivity contribution in [2.45, 2.75) is 13.0 Å². The van der Waals surface area contributed by atoms with Gasteiger partial charge in [0.15, 0.2) is 11.5 Å². The molecular weight excluding hydrogens is 307 g/mol. The van der Waals surface area contributed by atoms with Gasteiger partial charge in [0.25, 0.3) is 0 Å². The van der Waals surface area contributed by atoms with Crippen LogP contribution in [0.5, 0.6) is 11.5 Å². The highest BCUT2D eigenvalue weighted by atomic mass is 19.4. The highest BCUT2D eigenvalue weighted by Crippen LogP contribution is 2.31. The van der Waals surface area contributed by atoms with Crippen LogP contribution in [0.4, 0.5) is 13.2 Å². The highest BCUT2D eigenvalue weighted by Gasteiger charge is 2.32. The summed E-state index contributed by atoms with van der Waals surface area (Å²) in [6, 6.07) is 16.1. The van der Waals surface area contributed by atoms with E-state index < -0.39 is 12.1 Å². The number of alkyl halides is 3. The summed E-state index contributed by atoms with van der Waals surface area (Å²) in [7, 11) is 0. The van der Waals surface area contributed by atoms with Crippen LogP contribution >= 0.6 is 0 Å². The largest absolute Gasteiger partial charge is 0.573 e. The van der Waals surface area contributed by atoms with E-state index in [2.05, 4.69) is 15.8 Å². The monoisotopic (exact) mass is 318 g/mol. The lowest BCUT2D eigenvalue weighted by atomic mass is 10.1. The van der Waals surface area contributed by atoms with E-state index in [0.29, 0.717) is 5.69 Å². The van der Waals surface area contributed by atoms with Gasteiger partial charge in [-0.25, -0.2) is 0 Å². The molecule has 1 radical (unpaired) electrons. The summed E-state index contributed by atoms with van der Waals surface area (Å²) < 4.78 is 46.3. The molecule has 0 saturated carbocycles. The Labute approximate surface area is 130 Å². The second-order valence-corrected chi connectivity index (χ2v) is 4.72. The molecule has 1 aromatic heterocycles. The standard InChI is InChI=1S/C17H11F3NO2/c18-17(19,20)23-16-8-4-3-7-15(16)22-11-14-9-12-5-1-2-6-13(12)10-21-14/h1-7,9-10H,11H2. The number of halogens is 3. The molecule has 0 saturated heterocycles. The Kier molecular flexibility index (Phi) is 4.06. The normalized spacial score (nSPS) is 11.4. The maximum atomic E-state index is 12.3. The van der Waals surface area contributed by atoms with Crippen LogP contribution in [-0.2, 0) is 6.61 Å². The van der Waals surface area contributed by atoms with Gasteiger partial charge in [-0.05, 0) is 17.5 Å². The first-order valence-electron chi connectivity index (χ1n) is 6.74. The first kappa shape index (κ1) is 15.1. The van der Waals surface area contributed by atoms with Crippen LogP contribution in [0.25, 0.3) is 10.8 Å². The zero-order valence-corrected chi connectivity index (χ0v) is 11.8. The second-order valence-electron chi connectivity index (χ2n) is 4.72. The number of hydrogen-bond donors (Lipinski definition) is 0. The van der Waals surface area contributed by atoms with Crippen molar-refractivity contribution in [3.63, 3.8) is 0 Å². The summed E-state index contributed by atoms with van der Waals surface area (Å²) in [5.74, 6) is -0.541. The minimum Gasteiger partial charge on any atom is -0.483 e. The molecule has 0 aliphatic rings. The number of rotatable bonds is 4. The molecule has 0 aliphatic carbocycles. The molecule has 2 aromatic carbocycles. The van der Waals surface area contributed by atoms with E-state index in [1.807, 2.05) is 30.3 Å². The fraction of sp³-hybridized carbons (Fsp3) is 0.118. The molecule has 0 bridgehead atoms. The van der Waals surface area contributed by atoms with E-state index in [1.54, 1.807) is 6.20 Å². The van der Waals surface area contributed by atoms with Gasteiger partial charge in [0, 0.05) is 17.6 Å². The van der Waals surface area contributed by atoms with Crippen LogP contribution in [0.1, 0.15) is 5.69 Å². The van der Waals surface area contributed by atoms with E-state index in [0.717, 1.165) is 10.8 Å². The van der Waals surface area contributed by atoms with Gasteiger partial charge in [0.1, 0.15) is 6.61 Å². The van der Waals surface area contributed by atoms with Crippen molar-refractivity contribution in [3.8, 4) is 11.5 Å². The number of hydrogen-bond acceptors (Lipinski definition) is 3. The quantitative estimate of drug-likeness (QED) is 0.709. The van der Waals surface area contributed by atoms with Gasteiger partial charge in [0.05, 0.1) is 5.69 Å². The van der Waals surface area contributed by atoms with E-state index in [4.69, 9.17) is 4.74 Å². The summed E-state index contributed by atoms with van der Waals surface area (Å²) in [5, 5.41) is 1.96. The predicted molar refractivity (Wildman–Crippen MR) is 78.0 cm³/mol. The van der Waals surface area contributed by atoms with Crippen LogP contribution < -0.4 is 9.47 Å². The smallest absolute Gasteiger partial charge is 0.483 e. The molecule has 1 heterocycles. The van der Waals surface area contributed by atoms with E-state index in [9.17, 15) is 13.2 Å². The average Bonchev–Trinajstić information content (AvgIpc) is 2.52. The maximum Gasteiger partial charge on any atom is 0.573 e. The third kappa shape index (κ3) is 3.91. The van der Waals surface area contributed by atoms with Crippen LogP contribution in [-0.4, -0.2) is 11.3 Å². The third-order valence-electron chi connectivity index (χ3n) is 3.06. The Morgan fingerprint density at radius 3 is 2.61 bits per heavy atom.